The van der Waals surface area contributed by atoms with E-state index in [9.17, 15) is 8.78 Å². The van der Waals surface area contributed by atoms with Crippen LogP contribution >= 0.6 is 0 Å². The van der Waals surface area contributed by atoms with E-state index >= 15 is 0 Å². The molecule has 18 heavy (non-hydrogen) atoms. The van der Waals surface area contributed by atoms with E-state index in [4.69, 9.17) is 5.73 Å². The number of aryl methyl sites for hydroxylation is 1. The van der Waals surface area contributed by atoms with Gasteiger partial charge in [-0.2, -0.15) is 0 Å². The number of rotatable bonds is 5. The number of hydrogen-bond acceptors (Lipinski definition) is 3. The highest BCUT2D eigenvalue weighted by Gasteiger charge is 2.10. The Bertz CT molecular complexity index is 511. The van der Waals surface area contributed by atoms with Crippen molar-refractivity contribution < 1.29 is 8.78 Å². The molecule has 0 spiro atoms. The second-order valence-corrected chi connectivity index (χ2v) is 3.89. The lowest BCUT2D eigenvalue weighted by Crippen LogP contribution is -2.08. The van der Waals surface area contributed by atoms with Gasteiger partial charge in [-0.25, -0.2) is 13.8 Å². The first kappa shape index (κ1) is 12.3. The van der Waals surface area contributed by atoms with E-state index in [1.54, 1.807) is 12.4 Å². The van der Waals surface area contributed by atoms with Crippen LogP contribution in [-0.2, 0) is 6.42 Å². The van der Waals surface area contributed by atoms with Gasteiger partial charge in [0.1, 0.15) is 5.82 Å². The van der Waals surface area contributed by atoms with Crippen molar-refractivity contribution in [1.29, 1.82) is 0 Å². The average Bonchev–Trinajstić information content (AvgIpc) is 2.86. The second kappa shape index (κ2) is 5.48. The Morgan fingerprint density at radius 3 is 2.89 bits per heavy atom. The summed E-state index contributed by atoms with van der Waals surface area (Å²) in [6.07, 6.45) is 4.89. The fourth-order valence-corrected chi connectivity index (χ4v) is 1.65. The molecular weight excluding hydrogens is 238 g/mol. The molecule has 1 aromatic heterocycles. The van der Waals surface area contributed by atoms with Gasteiger partial charge in [0, 0.05) is 25.4 Å². The number of H-pyrrole nitrogens is 1. The van der Waals surface area contributed by atoms with E-state index in [2.05, 4.69) is 15.3 Å². The Morgan fingerprint density at radius 1 is 1.33 bits per heavy atom. The largest absolute Gasteiger partial charge is 0.397 e. The summed E-state index contributed by atoms with van der Waals surface area (Å²) in [6, 6.07) is 2.35. The lowest BCUT2D eigenvalue weighted by molar-refractivity contribution is 0.511. The monoisotopic (exact) mass is 252 g/mol. The summed E-state index contributed by atoms with van der Waals surface area (Å²) < 4.78 is 26.4. The van der Waals surface area contributed by atoms with E-state index in [-0.39, 0.29) is 11.4 Å². The standard InChI is InChI=1S/C12H14F2N4/c13-8-3-4-9(15)12(11(8)14)18-5-1-2-10-16-6-7-17-10/h3-4,6-7,18H,1-2,5,15H2,(H,16,17). The van der Waals surface area contributed by atoms with Crippen LogP contribution in [0.25, 0.3) is 0 Å². The fraction of sp³-hybridized carbons (Fsp3) is 0.250. The highest BCUT2D eigenvalue weighted by molar-refractivity contribution is 5.66. The minimum Gasteiger partial charge on any atom is -0.397 e. The third-order valence-corrected chi connectivity index (χ3v) is 2.57. The fourth-order valence-electron chi connectivity index (χ4n) is 1.65. The van der Waals surface area contributed by atoms with Crippen molar-refractivity contribution in [3.8, 4) is 0 Å². The Labute approximate surface area is 103 Å². The maximum absolute atomic E-state index is 13.4. The predicted octanol–water partition coefficient (Wildman–Crippen LogP) is 2.31. The van der Waals surface area contributed by atoms with Gasteiger partial charge in [-0.3, -0.25) is 0 Å². The van der Waals surface area contributed by atoms with E-state index in [1.807, 2.05) is 0 Å². The molecule has 0 saturated carbocycles. The van der Waals surface area contributed by atoms with Crippen LogP contribution in [0.2, 0.25) is 0 Å². The van der Waals surface area contributed by atoms with Gasteiger partial charge in [-0.05, 0) is 18.6 Å². The summed E-state index contributed by atoms with van der Waals surface area (Å²) in [4.78, 5) is 7.04. The Balaban J connectivity index is 1.88. The number of nitrogens with two attached hydrogens (primary N) is 1. The van der Waals surface area contributed by atoms with Crippen LogP contribution in [0.15, 0.2) is 24.5 Å². The lowest BCUT2D eigenvalue weighted by atomic mass is 10.2. The molecule has 0 saturated heterocycles. The van der Waals surface area contributed by atoms with Gasteiger partial charge < -0.3 is 16.0 Å². The van der Waals surface area contributed by atoms with E-state index in [0.717, 1.165) is 24.7 Å². The van der Waals surface area contributed by atoms with Gasteiger partial charge in [0.15, 0.2) is 11.6 Å². The number of imidazole rings is 1. The molecule has 6 heteroatoms. The Morgan fingerprint density at radius 2 is 2.17 bits per heavy atom. The minimum atomic E-state index is -0.937. The van der Waals surface area contributed by atoms with Crippen molar-refractivity contribution in [2.24, 2.45) is 0 Å². The molecule has 2 rings (SSSR count). The molecule has 1 heterocycles. The molecule has 2 aromatic rings. The topological polar surface area (TPSA) is 66.7 Å². The van der Waals surface area contributed by atoms with Crippen molar-refractivity contribution in [3.63, 3.8) is 0 Å². The normalized spacial score (nSPS) is 10.6. The number of anilines is 2. The molecule has 4 N–H and O–H groups in total. The van der Waals surface area contributed by atoms with Crippen molar-refractivity contribution in [1.82, 2.24) is 9.97 Å². The van der Waals surface area contributed by atoms with Crippen molar-refractivity contribution in [2.45, 2.75) is 12.8 Å². The molecule has 4 nitrogen and oxygen atoms in total. The first-order valence-corrected chi connectivity index (χ1v) is 5.64. The van der Waals surface area contributed by atoms with E-state index in [0.29, 0.717) is 6.54 Å². The van der Waals surface area contributed by atoms with Gasteiger partial charge >= 0.3 is 0 Å². The first-order valence-electron chi connectivity index (χ1n) is 5.64. The summed E-state index contributed by atoms with van der Waals surface area (Å²) in [5, 5.41) is 2.80. The average molecular weight is 252 g/mol. The van der Waals surface area contributed by atoms with Crippen LogP contribution in [0, 0.1) is 11.6 Å². The molecule has 0 unspecified atom stereocenters. The summed E-state index contributed by atoms with van der Waals surface area (Å²) in [7, 11) is 0. The Hall–Kier alpha value is -2.11. The molecule has 0 atom stereocenters. The predicted molar refractivity (Wildman–Crippen MR) is 66.2 cm³/mol. The molecule has 0 bridgehead atoms. The summed E-state index contributed by atoms with van der Waals surface area (Å²) in [5.74, 6) is -0.977. The van der Waals surface area contributed by atoms with Crippen molar-refractivity contribution in [2.75, 3.05) is 17.6 Å². The summed E-state index contributed by atoms with van der Waals surface area (Å²) in [6.45, 7) is 0.491. The number of benzene rings is 1. The molecule has 0 fully saturated rings. The molecule has 0 aliphatic rings. The molecule has 0 aliphatic heterocycles. The minimum absolute atomic E-state index is 0.0226. The molecular formula is C12H14F2N4. The van der Waals surface area contributed by atoms with Gasteiger partial charge in [-0.15, -0.1) is 0 Å². The number of nitrogen functional groups attached to an aromatic ring is 1. The number of nitrogens with one attached hydrogen (secondary N) is 2. The van der Waals surface area contributed by atoms with Crippen molar-refractivity contribution in [3.05, 3.63) is 42.0 Å². The second-order valence-electron chi connectivity index (χ2n) is 3.89. The van der Waals surface area contributed by atoms with Crippen LogP contribution in [0.3, 0.4) is 0 Å². The Kier molecular flexibility index (Phi) is 3.76. The van der Waals surface area contributed by atoms with Gasteiger partial charge in [-0.1, -0.05) is 0 Å². The molecule has 0 radical (unpaired) electrons. The number of aromatic amines is 1. The zero-order valence-corrected chi connectivity index (χ0v) is 9.71. The van der Waals surface area contributed by atoms with E-state index in [1.165, 1.54) is 6.07 Å². The summed E-state index contributed by atoms with van der Waals surface area (Å²) in [5.41, 5.74) is 5.80. The first-order chi connectivity index (χ1) is 8.68. The van der Waals surface area contributed by atoms with Crippen LogP contribution in [0.4, 0.5) is 20.2 Å². The van der Waals surface area contributed by atoms with Crippen LogP contribution in [0.5, 0.6) is 0 Å². The van der Waals surface area contributed by atoms with Crippen molar-refractivity contribution >= 4 is 11.4 Å². The van der Waals surface area contributed by atoms with Gasteiger partial charge in [0.05, 0.1) is 11.4 Å². The van der Waals surface area contributed by atoms with Gasteiger partial charge in [0.2, 0.25) is 0 Å². The number of aromatic nitrogens is 2. The molecule has 0 amide bonds. The maximum atomic E-state index is 13.4. The van der Waals surface area contributed by atoms with Gasteiger partial charge in [0.25, 0.3) is 0 Å². The van der Waals surface area contributed by atoms with Crippen LogP contribution in [-0.4, -0.2) is 16.5 Å². The molecule has 0 aliphatic carbocycles. The smallest absolute Gasteiger partial charge is 0.183 e. The number of nitrogens with zero attached hydrogens (tertiary/aromatic N) is 1. The highest BCUT2D eigenvalue weighted by atomic mass is 19.2. The zero-order valence-electron chi connectivity index (χ0n) is 9.71. The zero-order chi connectivity index (χ0) is 13.0. The third kappa shape index (κ3) is 2.77. The number of halogens is 2. The molecule has 1 aromatic carbocycles. The highest BCUT2D eigenvalue weighted by Crippen LogP contribution is 2.24. The SMILES string of the molecule is Nc1ccc(F)c(F)c1NCCCc1ncc[nH]1. The van der Waals surface area contributed by atoms with Crippen LogP contribution < -0.4 is 11.1 Å². The lowest BCUT2D eigenvalue weighted by Gasteiger charge is -2.10. The number of hydrogen-bond donors (Lipinski definition) is 3. The molecule has 96 valence electrons. The third-order valence-electron chi connectivity index (χ3n) is 2.57. The summed E-state index contributed by atoms with van der Waals surface area (Å²) >= 11 is 0. The quantitative estimate of drug-likeness (QED) is 0.565. The maximum Gasteiger partial charge on any atom is 0.183 e. The van der Waals surface area contributed by atoms with Crippen LogP contribution in [0.1, 0.15) is 12.2 Å². The van der Waals surface area contributed by atoms with E-state index < -0.39 is 11.6 Å².